The number of fused-ring (bicyclic) bond motifs is 1. The van der Waals surface area contributed by atoms with Gasteiger partial charge in [0.25, 0.3) is 0 Å². The number of ether oxygens (including phenoxy) is 2. The van der Waals surface area contributed by atoms with Crippen LogP contribution in [0.5, 0.6) is 0 Å². The van der Waals surface area contributed by atoms with E-state index in [4.69, 9.17) is 9.47 Å². The van der Waals surface area contributed by atoms with Crippen molar-refractivity contribution >= 4 is 5.97 Å². The zero-order chi connectivity index (χ0) is 10.4. The summed E-state index contributed by atoms with van der Waals surface area (Å²) in [6.45, 7) is 6.56. The maximum absolute atomic E-state index is 11.4. The normalized spacial score (nSPS) is 44.6. The molecule has 3 atom stereocenters. The Kier molecular flexibility index (Phi) is 2.11. The van der Waals surface area contributed by atoms with Crippen LogP contribution in [0.1, 0.15) is 40.0 Å². The highest BCUT2D eigenvalue weighted by Crippen LogP contribution is 2.62. The molecule has 3 unspecified atom stereocenters. The lowest BCUT2D eigenvalue weighted by molar-refractivity contribution is -0.147. The average molecular weight is 198 g/mol. The van der Waals surface area contributed by atoms with Gasteiger partial charge in [-0.1, -0.05) is 6.92 Å². The van der Waals surface area contributed by atoms with Crippen molar-refractivity contribution in [2.75, 3.05) is 6.61 Å². The number of hydrogen-bond acceptors (Lipinski definition) is 3. The lowest BCUT2D eigenvalue weighted by atomic mass is 9.77. The van der Waals surface area contributed by atoms with Gasteiger partial charge < -0.3 is 9.47 Å². The molecule has 3 nitrogen and oxygen atoms in total. The fraction of sp³-hybridized carbons (Fsp3) is 0.909. The molecule has 1 aliphatic heterocycles. The molecule has 80 valence electrons. The van der Waals surface area contributed by atoms with Gasteiger partial charge in [0.05, 0.1) is 24.7 Å². The van der Waals surface area contributed by atoms with Crippen LogP contribution < -0.4 is 0 Å². The highest BCUT2D eigenvalue weighted by Gasteiger charge is 2.68. The van der Waals surface area contributed by atoms with Crippen LogP contribution in [0.15, 0.2) is 0 Å². The summed E-state index contributed by atoms with van der Waals surface area (Å²) in [7, 11) is 0. The quantitative estimate of drug-likeness (QED) is 0.513. The van der Waals surface area contributed by atoms with Crippen molar-refractivity contribution in [3.8, 4) is 0 Å². The third kappa shape index (κ3) is 1.26. The van der Waals surface area contributed by atoms with E-state index in [-0.39, 0.29) is 17.0 Å². The number of carbonyl (C=O) groups excluding carboxylic acids is 1. The molecule has 1 aliphatic carbocycles. The van der Waals surface area contributed by atoms with Gasteiger partial charge in [-0.15, -0.1) is 0 Å². The van der Waals surface area contributed by atoms with Crippen molar-refractivity contribution < 1.29 is 14.3 Å². The molecule has 0 spiro atoms. The van der Waals surface area contributed by atoms with Crippen LogP contribution in [0.3, 0.4) is 0 Å². The minimum atomic E-state index is -0.0904. The molecule has 0 amide bonds. The zero-order valence-corrected chi connectivity index (χ0v) is 9.13. The highest BCUT2D eigenvalue weighted by molar-refractivity contribution is 5.70. The van der Waals surface area contributed by atoms with Crippen LogP contribution in [-0.2, 0) is 14.3 Å². The van der Waals surface area contributed by atoms with Crippen LogP contribution in [0, 0.1) is 5.41 Å². The molecule has 1 saturated heterocycles. The number of rotatable bonds is 3. The van der Waals surface area contributed by atoms with E-state index in [0.717, 1.165) is 12.8 Å². The van der Waals surface area contributed by atoms with Crippen molar-refractivity contribution in [2.45, 2.75) is 51.7 Å². The fourth-order valence-corrected chi connectivity index (χ4v) is 2.62. The van der Waals surface area contributed by atoms with Gasteiger partial charge in [-0.05, 0) is 26.7 Å². The van der Waals surface area contributed by atoms with Crippen molar-refractivity contribution in [3.63, 3.8) is 0 Å². The van der Waals surface area contributed by atoms with Crippen LogP contribution in [-0.4, -0.2) is 24.3 Å². The van der Waals surface area contributed by atoms with Crippen LogP contribution in [0.2, 0.25) is 0 Å². The predicted molar refractivity (Wildman–Crippen MR) is 51.9 cm³/mol. The molecule has 0 radical (unpaired) electrons. The molecule has 14 heavy (non-hydrogen) atoms. The molecule has 3 heteroatoms. The second-order valence-corrected chi connectivity index (χ2v) is 4.79. The van der Waals surface area contributed by atoms with E-state index in [1.165, 1.54) is 0 Å². The summed E-state index contributed by atoms with van der Waals surface area (Å²) in [5.74, 6) is -0.0904. The summed E-state index contributed by atoms with van der Waals surface area (Å²) < 4.78 is 10.6. The van der Waals surface area contributed by atoms with Crippen molar-refractivity contribution in [3.05, 3.63) is 0 Å². The Bertz CT molecular complexity index is 261. The molecule has 0 N–H and O–H groups in total. The van der Waals surface area contributed by atoms with Crippen molar-refractivity contribution in [2.24, 2.45) is 5.41 Å². The Morgan fingerprint density at radius 1 is 1.57 bits per heavy atom. The number of epoxide rings is 1. The van der Waals surface area contributed by atoms with E-state index >= 15 is 0 Å². The van der Waals surface area contributed by atoms with Gasteiger partial charge in [0, 0.05) is 5.41 Å². The first-order chi connectivity index (χ1) is 6.52. The molecular formula is C11H18O3. The summed E-state index contributed by atoms with van der Waals surface area (Å²) in [4.78, 5) is 11.4. The summed E-state index contributed by atoms with van der Waals surface area (Å²) in [5.41, 5.74) is -0.0658. The summed E-state index contributed by atoms with van der Waals surface area (Å²) in [6, 6.07) is 0. The zero-order valence-electron chi connectivity index (χ0n) is 9.13. The SMILES string of the molecule is CCOC(=O)CC1(C)CCC2OC21C. The molecule has 0 aromatic rings. The summed E-state index contributed by atoms with van der Waals surface area (Å²) in [6.07, 6.45) is 3.05. The topological polar surface area (TPSA) is 38.8 Å². The van der Waals surface area contributed by atoms with Crippen molar-refractivity contribution in [1.82, 2.24) is 0 Å². The van der Waals surface area contributed by atoms with Gasteiger partial charge in [0.1, 0.15) is 0 Å². The Morgan fingerprint density at radius 3 is 2.71 bits per heavy atom. The third-order valence-electron chi connectivity index (χ3n) is 3.94. The summed E-state index contributed by atoms with van der Waals surface area (Å²) >= 11 is 0. The molecule has 0 aromatic carbocycles. The Hall–Kier alpha value is -0.570. The molecule has 1 saturated carbocycles. The molecule has 1 heterocycles. The number of carbonyl (C=O) groups is 1. The van der Waals surface area contributed by atoms with Gasteiger partial charge in [0.15, 0.2) is 0 Å². The van der Waals surface area contributed by atoms with Crippen LogP contribution in [0.4, 0.5) is 0 Å². The van der Waals surface area contributed by atoms with Gasteiger partial charge in [-0.3, -0.25) is 4.79 Å². The molecule has 0 bridgehead atoms. The maximum Gasteiger partial charge on any atom is 0.306 e. The molecule has 0 aromatic heterocycles. The van der Waals surface area contributed by atoms with Gasteiger partial charge in [-0.25, -0.2) is 0 Å². The number of esters is 1. The van der Waals surface area contributed by atoms with Crippen molar-refractivity contribution in [1.29, 1.82) is 0 Å². The van der Waals surface area contributed by atoms with E-state index in [2.05, 4.69) is 13.8 Å². The number of hydrogen-bond donors (Lipinski definition) is 0. The first-order valence-electron chi connectivity index (χ1n) is 5.35. The van der Waals surface area contributed by atoms with Crippen LogP contribution >= 0.6 is 0 Å². The predicted octanol–water partition coefficient (Wildman–Crippen LogP) is 1.90. The van der Waals surface area contributed by atoms with Gasteiger partial charge >= 0.3 is 5.97 Å². The molecule has 2 aliphatic rings. The largest absolute Gasteiger partial charge is 0.466 e. The minimum absolute atomic E-state index is 0.0100. The first-order valence-corrected chi connectivity index (χ1v) is 5.35. The molecular weight excluding hydrogens is 180 g/mol. The van der Waals surface area contributed by atoms with E-state index in [9.17, 15) is 4.79 Å². The molecule has 2 fully saturated rings. The second-order valence-electron chi connectivity index (χ2n) is 4.79. The monoisotopic (exact) mass is 198 g/mol. The van der Waals surface area contributed by atoms with Gasteiger partial charge in [0.2, 0.25) is 0 Å². The third-order valence-corrected chi connectivity index (χ3v) is 3.94. The smallest absolute Gasteiger partial charge is 0.306 e. The lowest BCUT2D eigenvalue weighted by Crippen LogP contribution is -2.33. The summed E-state index contributed by atoms with van der Waals surface area (Å²) in [5, 5.41) is 0. The second kappa shape index (κ2) is 2.96. The Labute approximate surface area is 84.8 Å². The van der Waals surface area contributed by atoms with E-state index in [1.54, 1.807) is 0 Å². The van der Waals surface area contributed by atoms with Gasteiger partial charge in [-0.2, -0.15) is 0 Å². The van der Waals surface area contributed by atoms with Crippen LogP contribution in [0.25, 0.3) is 0 Å². The Morgan fingerprint density at radius 2 is 2.29 bits per heavy atom. The fourth-order valence-electron chi connectivity index (χ4n) is 2.62. The standard InChI is InChI=1S/C11H18O3/c1-4-13-9(12)7-10(2)6-5-8-11(10,3)14-8/h8H,4-7H2,1-3H3. The van der Waals surface area contributed by atoms with E-state index in [1.807, 2.05) is 6.92 Å². The molecule has 2 rings (SSSR count). The Balaban J connectivity index is 1.99. The highest BCUT2D eigenvalue weighted by atomic mass is 16.6. The minimum Gasteiger partial charge on any atom is -0.466 e. The van der Waals surface area contributed by atoms with E-state index in [0.29, 0.717) is 19.1 Å². The average Bonchev–Trinajstić information content (AvgIpc) is 2.70. The first kappa shape index (κ1) is 9.97. The van der Waals surface area contributed by atoms with E-state index < -0.39 is 0 Å². The lowest BCUT2D eigenvalue weighted by Gasteiger charge is -2.29. The maximum atomic E-state index is 11.4.